The SMILES string of the molecule is O=C(N[C@H]1CCS(=O)(=O)C1)c1ccc(-n2cnnn2)cc1. The Morgan fingerprint density at radius 3 is 2.62 bits per heavy atom. The molecule has 0 spiro atoms. The van der Waals surface area contributed by atoms with Crippen molar-refractivity contribution in [3.8, 4) is 5.69 Å². The molecule has 1 aromatic carbocycles. The molecular formula is C12H13N5O3S. The first kappa shape index (κ1) is 13.7. The summed E-state index contributed by atoms with van der Waals surface area (Å²) < 4.78 is 24.2. The van der Waals surface area contributed by atoms with Crippen molar-refractivity contribution in [1.82, 2.24) is 25.5 Å². The minimum absolute atomic E-state index is 0.0153. The van der Waals surface area contributed by atoms with Crippen molar-refractivity contribution in [2.24, 2.45) is 0 Å². The lowest BCUT2D eigenvalue weighted by Crippen LogP contribution is -2.35. The quantitative estimate of drug-likeness (QED) is 0.825. The molecule has 1 saturated heterocycles. The first-order valence-electron chi connectivity index (χ1n) is 6.38. The smallest absolute Gasteiger partial charge is 0.251 e. The summed E-state index contributed by atoms with van der Waals surface area (Å²) in [6, 6.07) is 6.43. The highest BCUT2D eigenvalue weighted by molar-refractivity contribution is 7.91. The first-order valence-corrected chi connectivity index (χ1v) is 8.20. The number of hydrogen-bond donors (Lipinski definition) is 1. The van der Waals surface area contributed by atoms with Gasteiger partial charge in [0, 0.05) is 11.6 Å². The van der Waals surface area contributed by atoms with Crippen molar-refractivity contribution in [3.63, 3.8) is 0 Å². The Morgan fingerprint density at radius 1 is 1.29 bits per heavy atom. The minimum Gasteiger partial charge on any atom is -0.348 e. The average molecular weight is 307 g/mol. The summed E-state index contributed by atoms with van der Waals surface area (Å²) in [4.78, 5) is 12.1. The van der Waals surface area contributed by atoms with Crippen molar-refractivity contribution in [1.29, 1.82) is 0 Å². The maximum Gasteiger partial charge on any atom is 0.251 e. The summed E-state index contributed by atoms with van der Waals surface area (Å²) >= 11 is 0. The van der Waals surface area contributed by atoms with Gasteiger partial charge in [-0.25, -0.2) is 13.1 Å². The summed E-state index contributed by atoms with van der Waals surface area (Å²) in [7, 11) is -3.00. The highest BCUT2D eigenvalue weighted by atomic mass is 32.2. The van der Waals surface area contributed by atoms with E-state index in [1.165, 1.54) is 11.0 Å². The van der Waals surface area contributed by atoms with Crippen LogP contribution in [0.4, 0.5) is 0 Å². The molecule has 2 aromatic rings. The largest absolute Gasteiger partial charge is 0.348 e. The number of sulfone groups is 1. The fraction of sp³-hybridized carbons (Fsp3) is 0.333. The Labute approximate surface area is 121 Å². The molecule has 1 amide bonds. The zero-order valence-corrected chi connectivity index (χ0v) is 11.8. The number of tetrazole rings is 1. The molecule has 0 saturated carbocycles. The van der Waals surface area contributed by atoms with Crippen LogP contribution in [0.25, 0.3) is 5.69 Å². The van der Waals surface area contributed by atoms with E-state index in [9.17, 15) is 13.2 Å². The van der Waals surface area contributed by atoms with Crippen LogP contribution in [0.1, 0.15) is 16.8 Å². The number of nitrogens with one attached hydrogen (secondary N) is 1. The number of carbonyl (C=O) groups is 1. The molecule has 1 N–H and O–H groups in total. The number of benzene rings is 1. The summed E-state index contributed by atoms with van der Waals surface area (Å²) in [6.07, 6.45) is 1.93. The molecule has 0 unspecified atom stereocenters. The van der Waals surface area contributed by atoms with Gasteiger partial charge in [-0.2, -0.15) is 0 Å². The molecule has 0 bridgehead atoms. The van der Waals surface area contributed by atoms with E-state index in [-0.39, 0.29) is 23.5 Å². The Kier molecular flexibility index (Phi) is 3.42. The van der Waals surface area contributed by atoms with Crippen molar-refractivity contribution >= 4 is 15.7 Å². The normalized spacial score (nSPS) is 20.3. The second-order valence-corrected chi connectivity index (χ2v) is 7.10. The van der Waals surface area contributed by atoms with Gasteiger partial charge in [-0.05, 0) is 41.1 Å². The van der Waals surface area contributed by atoms with Crippen molar-refractivity contribution in [2.45, 2.75) is 12.5 Å². The molecule has 3 rings (SSSR count). The van der Waals surface area contributed by atoms with Gasteiger partial charge in [0.2, 0.25) is 0 Å². The summed E-state index contributed by atoms with van der Waals surface area (Å²) in [5, 5.41) is 13.6. The summed E-state index contributed by atoms with van der Waals surface area (Å²) in [5.74, 6) is -0.127. The molecule has 9 heteroatoms. The molecule has 110 valence electrons. The highest BCUT2D eigenvalue weighted by Gasteiger charge is 2.29. The third-order valence-electron chi connectivity index (χ3n) is 3.31. The molecule has 1 fully saturated rings. The van der Waals surface area contributed by atoms with Gasteiger partial charge in [0.15, 0.2) is 9.84 Å². The molecule has 1 aliphatic heterocycles. The van der Waals surface area contributed by atoms with Gasteiger partial charge in [0.25, 0.3) is 5.91 Å². The molecule has 21 heavy (non-hydrogen) atoms. The van der Waals surface area contributed by atoms with Crippen LogP contribution in [-0.4, -0.2) is 52.1 Å². The monoisotopic (exact) mass is 307 g/mol. The fourth-order valence-electron chi connectivity index (χ4n) is 2.22. The fourth-order valence-corrected chi connectivity index (χ4v) is 3.90. The average Bonchev–Trinajstić information content (AvgIpc) is 3.09. The molecule has 0 radical (unpaired) electrons. The van der Waals surface area contributed by atoms with E-state index in [1.54, 1.807) is 24.3 Å². The zero-order chi connectivity index (χ0) is 14.9. The number of carbonyl (C=O) groups excluding carboxylic acids is 1. The van der Waals surface area contributed by atoms with Crippen LogP contribution < -0.4 is 5.32 Å². The Hall–Kier alpha value is -2.29. The van der Waals surface area contributed by atoms with Gasteiger partial charge in [-0.3, -0.25) is 4.79 Å². The van der Waals surface area contributed by atoms with Crippen LogP contribution in [0, 0.1) is 0 Å². The highest BCUT2D eigenvalue weighted by Crippen LogP contribution is 2.13. The lowest BCUT2D eigenvalue weighted by atomic mass is 10.1. The third kappa shape index (κ3) is 3.07. The van der Waals surface area contributed by atoms with Crippen LogP contribution in [0.5, 0.6) is 0 Å². The van der Waals surface area contributed by atoms with Crippen molar-refractivity contribution in [2.75, 3.05) is 11.5 Å². The van der Waals surface area contributed by atoms with E-state index in [2.05, 4.69) is 20.8 Å². The molecular weight excluding hydrogens is 294 g/mol. The van der Waals surface area contributed by atoms with Gasteiger partial charge < -0.3 is 5.32 Å². The van der Waals surface area contributed by atoms with E-state index in [4.69, 9.17) is 0 Å². The van der Waals surface area contributed by atoms with Gasteiger partial charge in [0.05, 0.1) is 17.2 Å². The Bertz CT molecular complexity index is 740. The number of aromatic nitrogens is 4. The second-order valence-electron chi connectivity index (χ2n) is 4.87. The summed E-state index contributed by atoms with van der Waals surface area (Å²) in [5.41, 5.74) is 1.20. The second kappa shape index (κ2) is 5.24. The van der Waals surface area contributed by atoms with E-state index in [1.807, 2.05) is 0 Å². The third-order valence-corrected chi connectivity index (χ3v) is 5.08. The van der Waals surface area contributed by atoms with Crippen LogP contribution in [0.2, 0.25) is 0 Å². The number of hydrogen-bond acceptors (Lipinski definition) is 6. The summed E-state index contributed by atoms with van der Waals surface area (Å²) in [6.45, 7) is 0. The molecule has 1 aromatic heterocycles. The van der Waals surface area contributed by atoms with Crippen molar-refractivity contribution in [3.05, 3.63) is 36.2 Å². The molecule has 1 atom stereocenters. The van der Waals surface area contributed by atoms with Crippen LogP contribution in [0.3, 0.4) is 0 Å². The lowest BCUT2D eigenvalue weighted by Gasteiger charge is -2.11. The van der Waals surface area contributed by atoms with E-state index in [0.717, 1.165) is 5.69 Å². The van der Waals surface area contributed by atoms with E-state index >= 15 is 0 Å². The standard InChI is InChI=1S/C12H13N5O3S/c18-12(14-10-5-6-21(19,20)7-10)9-1-3-11(4-2-9)17-8-13-15-16-17/h1-4,8,10H,5-7H2,(H,14,18)/t10-/m0/s1. The lowest BCUT2D eigenvalue weighted by molar-refractivity contribution is 0.0941. The Balaban J connectivity index is 1.68. The van der Waals surface area contributed by atoms with Gasteiger partial charge >= 0.3 is 0 Å². The van der Waals surface area contributed by atoms with Gasteiger partial charge in [-0.1, -0.05) is 0 Å². The maximum absolute atomic E-state index is 12.1. The molecule has 8 nitrogen and oxygen atoms in total. The van der Waals surface area contributed by atoms with Gasteiger partial charge in [-0.15, -0.1) is 5.10 Å². The predicted molar refractivity (Wildman–Crippen MR) is 73.7 cm³/mol. The number of rotatable bonds is 3. The van der Waals surface area contributed by atoms with Crippen LogP contribution >= 0.6 is 0 Å². The van der Waals surface area contributed by atoms with Crippen LogP contribution in [-0.2, 0) is 9.84 Å². The zero-order valence-electron chi connectivity index (χ0n) is 11.0. The van der Waals surface area contributed by atoms with Gasteiger partial charge in [0.1, 0.15) is 6.33 Å². The Morgan fingerprint density at radius 2 is 2.05 bits per heavy atom. The topological polar surface area (TPSA) is 107 Å². The van der Waals surface area contributed by atoms with E-state index in [0.29, 0.717) is 12.0 Å². The first-order chi connectivity index (χ1) is 10.0. The molecule has 2 heterocycles. The molecule has 0 aliphatic carbocycles. The number of nitrogens with zero attached hydrogens (tertiary/aromatic N) is 4. The van der Waals surface area contributed by atoms with E-state index < -0.39 is 9.84 Å². The van der Waals surface area contributed by atoms with Crippen LogP contribution in [0.15, 0.2) is 30.6 Å². The molecule has 1 aliphatic rings. The maximum atomic E-state index is 12.1. The predicted octanol–water partition coefficient (Wildman–Crippen LogP) is -0.421. The van der Waals surface area contributed by atoms with Crippen molar-refractivity contribution < 1.29 is 13.2 Å². The number of amides is 1. The minimum atomic E-state index is -3.00.